The lowest BCUT2D eigenvalue weighted by atomic mass is 9.99. The number of alkyl halides is 5. The Hall–Kier alpha value is -1.65. The van der Waals surface area contributed by atoms with Crippen LogP contribution in [0.25, 0.3) is 0 Å². The smallest absolute Gasteiger partial charge is 0.401 e. The molecule has 0 saturated heterocycles. The number of nitrogens with zero attached hydrogens (tertiary/aromatic N) is 1. The number of Topliss-reactive ketones (excluding diaryl/α,β-unsaturated/α-hetero) is 1. The van der Waals surface area contributed by atoms with Gasteiger partial charge in [-0.2, -0.15) is 27.2 Å². The van der Waals surface area contributed by atoms with Crippen LogP contribution in [-0.2, 0) is 4.79 Å². The topological polar surface area (TPSA) is 66.9 Å². The van der Waals surface area contributed by atoms with Gasteiger partial charge in [-0.05, 0) is 5.92 Å². The molecule has 8 heteroatoms. The van der Waals surface area contributed by atoms with E-state index in [1.54, 1.807) is 0 Å². The molecular formula is C9H9F5N2O. The molecule has 0 aromatic carbocycles. The van der Waals surface area contributed by atoms with E-state index in [0.29, 0.717) is 0 Å². The quantitative estimate of drug-likeness (QED) is 0.478. The van der Waals surface area contributed by atoms with Crippen molar-refractivity contribution < 1.29 is 26.7 Å². The normalized spacial score (nSPS) is 14.3. The molecule has 96 valence electrons. The number of allylic oxidation sites excluding steroid dienone is 2. The van der Waals surface area contributed by atoms with Crippen LogP contribution in [0.4, 0.5) is 22.0 Å². The zero-order valence-corrected chi connectivity index (χ0v) is 8.90. The highest BCUT2D eigenvalue weighted by Gasteiger charge is 2.64. The molecule has 0 heterocycles. The van der Waals surface area contributed by atoms with Crippen molar-refractivity contribution in [3.05, 3.63) is 11.3 Å². The molecule has 0 aromatic rings. The third kappa shape index (κ3) is 2.93. The summed E-state index contributed by atoms with van der Waals surface area (Å²) in [6.07, 6.45) is -6.05. The van der Waals surface area contributed by atoms with Crippen LogP contribution in [0.15, 0.2) is 11.3 Å². The fourth-order valence-electron chi connectivity index (χ4n) is 0.821. The van der Waals surface area contributed by atoms with Gasteiger partial charge in [0, 0.05) is 5.70 Å². The number of nitrogens with two attached hydrogens (primary N) is 1. The summed E-state index contributed by atoms with van der Waals surface area (Å²) in [6.45, 7) is 2.71. The maximum absolute atomic E-state index is 12.7. The number of carbonyl (C=O) groups is 1. The molecule has 0 aliphatic heterocycles. The highest BCUT2D eigenvalue weighted by atomic mass is 19.4. The molecule has 0 bridgehead atoms. The SMILES string of the molecule is CC(C)/C(N)=C(\C#N)C(=O)C(F)(F)C(F)(F)F. The van der Waals surface area contributed by atoms with E-state index in [2.05, 4.69) is 0 Å². The summed E-state index contributed by atoms with van der Waals surface area (Å²) >= 11 is 0. The first-order valence-corrected chi connectivity index (χ1v) is 4.35. The molecule has 0 aliphatic rings. The molecular weight excluding hydrogens is 247 g/mol. The van der Waals surface area contributed by atoms with Crippen molar-refractivity contribution in [1.29, 1.82) is 5.26 Å². The molecule has 0 atom stereocenters. The van der Waals surface area contributed by atoms with E-state index in [1.165, 1.54) is 13.8 Å². The van der Waals surface area contributed by atoms with Crippen LogP contribution >= 0.6 is 0 Å². The molecule has 3 nitrogen and oxygen atoms in total. The highest BCUT2D eigenvalue weighted by molar-refractivity contribution is 6.05. The average Bonchev–Trinajstić information content (AvgIpc) is 2.16. The van der Waals surface area contributed by atoms with Crippen molar-refractivity contribution in [2.75, 3.05) is 0 Å². The van der Waals surface area contributed by atoms with Gasteiger partial charge in [-0.1, -0.05) is 13.8 Å². The highest BCUT2D eigenvalue weighted by Crippen LogP contribution is 2.38. The van der Waals surface area contributed by atoms with E-state index >= 15 is 0 Å². The minimum Gasteiger partial charge on any atom is -0.401 e. The lowest BCUT2D eigenvalue weighted by molar-refractivity contribution is -0.266. The maximum Gasteiger partial charge on any atom is 0.461 e. The molecule has 0 rings (SSSR count). The number of nitriles is 1. The molecule has 0 amide bonds. The summed E-state index contributed by atoms with van der Waals surface area (Å²) in [5.74, 6) is -8.94. The van der Waals surface area contributed by atoms with Crippen molar-refractivity contribution in [3.63, 3.8) is 0 Å². The standard InChI is InChI=1S/C9H9F5N2O/c1-4(2)6(16)5(3-15)7(17)8(10,11)9(12,13)14/h4H,16H2,1-2H3/b6-5-. The van der Waals surface area contributed by atoms with Crippen molar-refractivity contribution in [1.82, 2.24) is 0 Å². The first-order valence-electron chi connectivity index (χ1n) is 4.35. The lowest BCUT2D eigenvalue weighted by Gasteiger charge is -2.18. The Morgan fingerprint density at radius 2 is 1.65 bits per heavy atom. The first kappa shape index (κ1) is 15.3. The van der Waals surface area contributed by atoms with E-state index in [-0.39, 0.29) is 0 Å². The Morgan fingerprint density at radius 3 is 1.88 bits per heavy atom. The minimum atomic E-state index is -6.05. The summed E-state index contributed by atoms with van der Waals surface area (Å²) in [5, 5.41) is 8.44. The third-order valence-corrected chi connectivity index (χ3v) is 1.89. The van der Waals surface area contributed by atoms with Crippen molar-refractivity contribution in [2.24, 2.45) is 11.7 Å². The Bertz CT molecular complexity index is 389. The van der Waals surface area contributed by atoms with Crippen molar-refractivity contribution in [2.45, 2.75) is 25.9 Å². The lowest BCUT2D eigenvalue weighted by Crippen LogP contribution is -2.45. The summed E-state index contributed by atoms with van der Waals surface area (Å²) in [4.78, 5) is 11.0. The molecule has 0 fully saturated rings. The van der Waals surface area contributed by atoms with Crippen LogP contribution in [0.3, 0.4) is 0 Å². The monoisotopic (exact) mass is 256 g/mol. The van der Waals surface area contributed by atoms with Gasteiger partial charge < -0.3 is 5.73 Å². The zero-order chi connectivity index (χ0) is 14.0. The summed E-state index contributed by atoms with van der Waals surface area (Å²) in [6, 6.07) is 0.986. The van der Waals surface area contributed by atoms with E-state index < -0.39 is 35.1 Å². The zero-order valence-electron chi connectivity index (χ0n) is 8.90. The number of hydrogen-bond donors (Lipinski definition) is 1. The van der Waals surface area contributed by atoms with Crippen molar-refractivity contribution >= 4 is 5.78 Å². The number of halogens is 5. The fraction of sp³-hybridized carbons (Fsp3) is 0.556. The van der Waals surface area contributed by atoms with Gasteiger partial charge >= 0.3 is 12.1 Å². The predicted molar refractivity (Wildman–Crippen MR) is 47.7 cm³/mol. The Kier molecular flexibility index (Phi) is 4.24. The average molecular weight is 256 g/mol. The summed E-state index contributed by atoms with van der Waals surface area (Å²) in [5.41, 5.74) is 3.19. The van der Waals surface area contributed by atoms with Gasteiger partial charge in [-0.25, -0.2) is 0 Å². The van der Waals surface area contributed by atoms with Crippen LogP contribution in [0.1, 0.15) is 13.8 Å². The van der Waals surface area contributed by atoms with Crippen LogP contribution in [-0.4, -0.2) is 17.9 Å². The van der Waals surface area contributed by atoms with Crippen molar-refractivity contribution in [3.8, 4) is 6.07 Å². The van der Waals surface area contributed by atoms with Gasteiger partial charge in [-0.3, -0.25) is 4.79 Å². The van der Waals surface area contributed by atoms with Crippen LogP contribution in [0, 0.1) is 17.2 Å². The maximum atomic E-state index is 12.7. The van der Waals surface area contributed by atoms with Gasteiger partial charge in [0.25, 0.3) is 5.78 Å². The van der Waals surface area contributed by atoms with Crippen LogP contribution < -0.4 is 5.73 Å². The second-order valence-electron chi connectivity index (χ2n) is 3.50. The minimum absolute atomic E-state index is 0.596. The second kappa shape index (κ2) is 4.69. The van der Waals surface area contributed by atoms with Gasteiger partial charge in [0.2, 0.25) is 0 Å². The predicted octanol–water partition coefficient (Wildman–Crippen LogP) is 2.15. The molecule has 0 radical (unpaired) electrons. The molecule has 0 aliphatic carbocycles. The largest absolute Gasteiger partial charge is 0.461 e. The van der Waals surface area contributed by atoms with E-state index in [0.717, 1.165) is 6.07 Å². The van der Waals surface area contributed by atoms with Crippen LogP contribution in [0.5, 0.6) is 0 Å². The van der Waals surface area contributed by atoms with Gasteiger partial charge in [0.05, 0.1) is 0 Å². The third-order valence-electron chi connectivity index (χ3n) is 1.89. The Labute approximate surface area is 93.7 Å². The fourth-order valence-corrected chi connectivity index (χ4v) is 0.821. The number of carbonyl (C=O) groups excluding carboxylic acids is 1. The Morgan fingerprint density at radius 1 is 1.24 bits per heavy atom. The number of rotatable bonds is 3. The molecule has 0 saturated carbocycles. The molecule has 2 N–H and O–H groups in total. The van der Waals surface area contributed by atoms with Gasteiger partial charge in [-0.15, -0.1) is 0 Å². The molecule has 17 heavy (non-hydrogen) atoms. The van der Waals surface area contributed by atoms with E-state index in [1.807, 2.05) is 0 Å². The number of ketones is 1. The van der Waals surface area contributed by atoms with Gasteiger partial charge in [0.1, 0.15) is 11.6 Å². The summed E-state index contributed by atoms with van der Waals surface area (Å²) < 4.78 is 61.0. The van der Waals surface area contributed by atoms with E-state index in [9.17, 15) is 26.7 Å². The van der Waals surface area contributed by atoms with E-state index in [4.69, 9.17) is 11.0 Å². The summed E-state index contributed by atoms with van der Waals surface area (Å²) in [7, 11) is 0. The number of hydrogen-bond acceptors (Lipinski definition) is 3. The molecule has 0 unspecified atom stereocenters. The Balaban J connectivity index is 5.62. The van der Waals surface area contributed by atoms with Gasteiger partial charge in [0.15, 0.2) is 0 Å². The molecule has 0 spiro atoms. The first-order chi connectivity index (χ1) is 7.46. The van der Waals surface area contributed by atoms with Crippen LogP contribution in [0.2, 0.25) is 0 Å². The molecule has 0 aromatic heterocycles. The second-order valence-corrected chi connectivity index (χ2v) is 3.50.